The van der Waals surface area contributed by atoms with Gasteiger partial charge in [-0.2, -0.15) is 0 Å². The Labute approximate surface area is 226 Å². The smallest absolute Gasteiger partial charge is 0.312 e. The molecule has 6 heterocycles. The molecule has 6 saturated heterocycles. The molecule has 6 aliphatic heterocycles. The van der Waals surface area contributed by atoms with Crippen molar-refractivity contribution in [2.75, 3.05) is 0 Å². The Morgan fingerprint density at radius 1 is 0.897 bits per heavy atom. The fourth-order valence-electron chi connectivity index (χ4n) is 10.9. The van der Waals surface area contributed by atoms with E-state index in [9.17, 15) is 24.3 Å². The van der Waals surface area contributed by atoms with Crippen LogP contribution in [0.1, 0.15) is 73.1 Å². The summed E-state index contributed by atoms with van der Waals surface area (Å²) in [6.45, 7) is 9.27. The van der Waals surface area contributed by atoms with Gasteiger partial charge in [-0.3, -0.25) is 19.2 Å². The summed E-state index contributed by atoms with van der Waals surface area (Å²) in [6, 6.07) is 0. The summed E-state index contributed by atoms with van der Waals surface area (Å²) in [5.74, 6) is -7.62. The Balaban J connectivity index is 1.31. The van der Waals surface area contributed by atoms with Crippen molar-refractivity contribution in [2.24, 2.45) is 40.9 Å². The highest BCUT2D eigenvalue weighted by atomic mass is 16.7. The molecule has 212 valence electrons. The average Bonchev–Trinajstić information content (AvgIpc) is 3.38. The topological polar surface area (TPSA) is 135 Å². The van der Waals surface area contributed by atoms with E-state index in [2.05, 4.69) is 0 Å². The highest BCUT2D eigenvalue weighted by Crippen LogP contribution is 2.72. The van der Waals surface area contributed by atoms with Gasteiger partial charge in [-0.25, -0.2) is 0 Å². The summed E-state index contributed by atoms with van der Waals surface area (Å²) in [6.07, 6.45) is 0.227. The molecule has 2 aliphatic carbocycles. The van der Waals surface area contributed by atoms with Gasteiger partial charge in [-0.15, -0.1) is 0 Å². The van der Waals surface area contributed by atoms with Gasteiger partial charge in [0.2, 0.25) is 11.6 Å². The monoisotopic (exact) mass is 544 g/mol. The van der Waals surface area contributed by atoms with Crippen LogP contribution in [-0.4, -0.2) is 69.2 Å². The first-order chi connectivity index (χ1) is 18.1. The number of carbonyl (C=O) groups is 4. The number of esters is 2. The molecular formula is C29H36O10. The van der Waals surface area contributed by atoms with Crippen molar-refractivity contribution >= 4 is 23.5 Å². The van der Waals surface area contributed by atoms with Crippen LogP contribution in [0.3, 0.4) is 0 Å². The first-order valence-electron chi connectivity index (χ1n) is 14.5. The fraction of sp³-hybridized carbons (Fsp3) is 0.862. The van der Waals surface area contributed by atoms with E-state index in [-0.39, 0.29) is 30.3 Å². The number of hydrogen-bond acceptors (Lipinski definition) is 10. The number of ether oxygens (including phenoxy) is 5. The predicted molar refractivity (Wildman–Crippen MR) is 128 cm³/mol. The van der Waals surface area contributed by atoms with Crippen LogP contribution in [0.15, 0.2) is 0 Å². The van der Waals surface area contributed by atoms with Crippen LogP contribution in [0.4, 0.5) is 0 Å². The summed E-state index contributed by atoms with van der Waals surface area (Å²) in [5.41, 5.74) is -4.23. The Morgan fingerprint density at radius 2 is 1.64 bits per heavy atom. The molecule has 8 rings (SSSR count). The number of ketones is 2. The molecule has 39 heavy (non-hydrogen) atoms. The number of carbonyl (C=O) groups excluding carboxylic acids is 4. The summed E-state index contributed by atoms with van der Waals surface area (Å²) >= 11 is 0. The van der Waals surface area contributed by atoms with Gasteiger partial charge in [-0.1, -0.05) is 13.8 Å². The number of aliphatic hydroxyl groups is 1. The van der Waals surface area contributed by atoms with Crippen molar-refractivity contribution in [3.8, 4) is 0 Å². The molecule has 1 N–H and O–H groups in total. The van der Waals surface area contributed by atoms with Crippen molar-refractivity contribution in [3.05, 3.63) is 0 Å². The third-order valence-corrected chi connectivity index (χ3v) is 12.4. The molecule has 13 unspecified atom stereocenters. The maximum Gasteiger partial charge on any atom is 0.312 e. The molecule has 2 bridgehead atoms. The van der Waals surface area contributed by atoms with Gasteiger partial charge >= 0.3 is 11.9 Å². The number of rotatable bonds is 0. The molecule has 8 aliphatic rings. The van der Waals surface area contributed by atoms with E-state index in [1.54, 1.807) is 6.92 Å². The van der Waals surface area contributed by atoms with Crippen molar-refractivity contribution in [1.82, 2.24) is 0 Å². The first kappa shape index (κ1) is 24.9. The minimum absolute atomic E-state index is 0.0346. The van der Waals surface area contributed by atoms with Gasteiger partial charge in [0, 0.05) is 35.5 Å². The van der Waals surface area contributed by atoms with Crippen molar-refractivity contribution < 1.29 is 48.0 Å². The van der Waals surface area contributed by atoms with Crippen LogP contribution < -0.4 is 0 Å². The standard InChI is InChI=1S/C29H36O10/c1-12-17-19-18(13(2)23(33)35-19)37-29-20(17)25(5,21(12)31)8-9-26(39-29)11-27-15(7-6-14(26)22(29)32)24(3,4)38-28(27,34)10-16(30)36-27/h12-15,17-20,34H,6-11H2,1-5H3. The third kappa shape index (κ3) is 2.48. The molecule has 10 heteroatoms. The fourth-order valence-corrected chi connectivity index (χ4v) is 10.9. The normalized spacial score (nSPS) is 59.9. The predicted octanol–water partition coefficient (Wildman–Crippen LogP) is 1.83. The van der Waals surface area contributed by atoms with E-state index < -0.39 is 87.5 Å². The maximum atomic E-state index is 14.8. The Morgan fingerprint density at radius 3 is 2.38 bits per heavy atom. The van der Waals surface area contributed by atoms with Gasteiger partial charge in [0.15, 0.2) is 11.4 Å². The second-order valence-electron chi connectivity index (χ2n) is 14.5. The molecule has 0 aromatic heterocycles. The molecule has 8 fully saturated rings. The zero-order chi connectivity index (χ0) is 27.7. The zero-order valence-corrected chi connectivity index (χ0v) is 23.0. The number of fused-ring (bicyclic) bond motifs is 2. The van der Waals surface area contributed by atoms with Crippen LogP contribution in [0.2, 0.25) is 0 Å². The quantitative estimate of drug-likeness (QED) is 0.450. The summed E-state index contributed by atoms with van der Waals surface area (Å²) in [5, 5.41) is 11.8. The van der Waals surface area contributed by atoms with Crippen LogP contribution in [0.5, 0.6) is 0 Å². The van der Waals surface area contributed by atoms with E-state index in [1.165, 1.54) is 0 Å². The van der Waals surface area contributed by atoms with E-state index in [1.807, 2.05) is 27.7 Å². The molecule has 0 aromatic rings. The lowest BCUT2D eigenvalue weighted by Crippen LogP contribution is -2.63. The first-order valence-corrected chi connectivity index (χ1v) is 14.5. The lowest BCUT2D eigenvalue weighted by Gasteiger charge is -2.50. The SMILES string of the molecule is CC1C(=O)OC2C1OC13OC4(CCC5(C)C(=O)C(C)C2C51)CC12OC(=O)CC1(O)OC(C)(C)C2CCC4C3=O. The largest absolute Gasteiger partial charge is 0.459 e. The van der Waals surface area contributed by atoms with E-state index in [0.717, 1.165) is 0 Å². The Hall–Kier alpha value is -1.88. The lowest BCUT2D eigenvalue weighted by molar-refractivity contribution is -0.335. The van der Waals surface area contributed by atoms with Crippen LogP contribution in [0, 0.1) is 40.9 Å². The minimum Gasteiger partial charge on any atom is -0.459 e. The second-order valence-corrected chi connectivity index (χ2v) is 14.5. The van der Waals surface area contributed by atoms with Crippen molar-refractivity contribution in [1.29, 1.82) is 0 Å². The van der Waals surface area contributed by atoms with E-state index >= 15 is 0 Å². The van der Waals surface area contributed by atoms with Gasteiger partial charge in [-0.05, 0) is 46.5 Å². The van der Waals surface area contributed by atoms with E-state index in [4.69, 9.17) is 23.7 Å². The average molecular weight is 545 g/mol. The van der Waals surface area contributed by atoms with Crippen molar-refractivity contribution in [3.63, 3.8) is 0 Å². The van der Waals surface area contributed by atoms with Crippen LogP contribution in [0.25, 0.3) is 0 Å². The molecule has 0 aromatic carbocycles. The summed E-state index contributed by atoms with van der Waals surface area (Å²) < 4.78 is 31.8. The molecular weight excluding hydrogens is 508 g/mol. The highest BCUT2D eigenvalue weighted by Gasteiger charge is 2.84. The second kappa shape index (κ2) is 6.77. The van der Waals surface area contributed by atoms with Gasteiger partial charge in [0.05, 0.1) is 23.0 Å². The van der Waals surface area contributed by atoms with Crippen molar-refractivity contribution in [2.45, 2.75) is 114 Å². The molecule has 2 saturated carbocycles. The molecule has 13 atom stereocenters. The molecule has 0 amide bonds. The Bertz CT molecular complexity index is 1260. The van der Waals surface area contributed by atoms with Gasteiger partial charge < -0.3 is 28.8 Å². The van der Waals surface area contributed by atoms with E-state index in [0.29, 0.717) is 25.7 Å². The van der Waals surface area contributed by atoms with Crippen LogP contribution in [-0.2, 0) is 42.9 Å². The number of hydrogen-bond donors (Lipinski definition) is 1. The summed E-state index contributed by atoms with van der Waals surface area (Å²) in [4.78, 5) is 54.1. The highest BCUT2D eigenvalue weighted by molar-refractivity contribution is 5.97. The third-order valence-electron chi connectivity index (χ3n) is 12.4. The Kier molecular flexibility index (Phi) is 4.32. The van der Waals surface area contributed by atoms with Crippen LogP contribution >= 0.6 is 0 Å². The van der Waals surface area contributed by atoms with Gasteiger partial charge in [0.1, 0.15) is 24.4 Å². The molecule has 10 nitrogen and oxygen atoms in total. The molecule has 0 radical (unpaired) electrons. The molecule has 3 spiro atoms. The number of Topliss-reactive ketones (excluding diaryl/α,β-unsaturated/α-hetero) is 2. The zero-order valence-electron chi connectivity index (χ0n) is 23.0. The lowest BCUT2D eigenvalue weighted by atomic mass is 9.61. The van der Waals surface area contributed by atoms with Gasteiger partial charge in [0.25, 0.3) is 0 Å². The maximum absolute atomic E-state index is 14.8. The summed E-state index contributed by atoms with van der Waals surface area (Å²) in [7, 11) is 0. The minimum atomic E-state index is -1.85.